The van der Waals surface area contributed by atoms with Crippen LogP contribution in [0.1, 0.15) is 19.8 Å². The number of benzene rings is 2. The summed E-state index contributed by atoms with van der Waals surface area (Å²) in [7, 11) is -1.51. The zero-order chi connectivity index (χ0) is 26.1. The monoisotopic (exact) mass is 506 g/mol. The summed E-state index contributed by atoms with van der Waals surface area (Å²) in [4.78, 5) is 22.4. The fraction of sp³-hybridized carbons (Fsp3) is 0.261. The van der Waals surface area contributed by atoms with E-state index in [2.05, 4.69) is 14.5 Å². The second-order valence-electron chi connectivity index (χ2n) is 7.59. The molecule has 0 bridgehead atoms. The van der Waals surface area contributed by atoms with Crippen LogP contribution in [-0.4, -0.2) is 50.0 Å². The van der Waals surface area contributed by atoms with Crippen LogP contribution in [0.25, 0.3) is 10.9 Å². The highest BCUT2D eigenvalue weighted by molar-refractivity contribution is 7.81. The summed E-state index contributed by atoms with van der Waals surface area (Å²) in [5, 5.41) is 10.5. The number of aldehydes is 1. The van der Waals surface area contributed by atoms with E-state index in [0.717, 1.165) is 24.8 Å². The zero-order valence-electron chi connectivity index (χ0n) is 19.3. The minimum absolute atomic E-state index is 0.110. The van der Waals surface area contributed by atoms with Gasteiger partial charge in [-0.2, -0.15) is 8.42 Å². The second kappa shape index (κ2) is 12.0. The first-order valence-electron chi connectivity index (χ1n) is 10.2. The van der Waals surface area contributed by atoms with E-state index in [4.69, 9.17) is 23.9 Å². The third-order valence-electron chi connectivity index (χ3n) is 4.88. The number of pyridine rings is 1. The Morgan fingerprint density at radius 3 is 2.14 bits per heavy atom. The first kappa shape index (κ1) is 27.3. The molecule has 188 valence electrons. The molecule has 4 rings (SSSR count). The number of rotatable bonds is 7. The number of carbonyl (C=O) groups excluding carboxylic acids is 1. The fourth-order valence-electron chi connectivity index (χ4n) is 2.69. The van der Waals surface area contributed by atoms with Crippen LogP contribution < -0.4 is 19.0 Å². The van der Waals surface area contributed by atoms with Gasteiger partial charge in [-0.15, -0.1) is 0 Å². The number of fused-ring (bicyclic) bond motifs is 1. The summed E-state index contributed by atoms with van der Waals surface area (Å²) in [5.41, 5.74) is 1.47. The molecular weight excluding hydrogens is 480 g/mol. The Bertz CT molecular complexity index is 1260. The number of ether oxygens (including phenoxy) is 2. The predicted molar refractivity (Wildman–Crippen MR) is 129 cm³/mol. The van der Waals surface area contributed by atoms with Crippen LogP contribution in [0, 0.1) is 5.41 Å². The van der Waals surface area contributed by atoms with Crippen molar-refractivity contribution in [1.29, 1.82) is 0 Å². The van der Waals surface area contributed by atoms with Crippen molar-refractivity contribution in [2.45, 2.75) is 19.8 Å². The minimum Gasteiger partial charge on any atom is -0.493 e. The predicted octanol–water partition coefficient (Wildman–Crippen LogP) is 3.95. The topological polar surface area (TPSA) is 161 Å². The van der Waals surface area contributed by atoms with Crippen LogP contribution in [0.2, 0.25) is 0 Å². The van der Waals surface area contributed by atoms with Crippen molar-refractivity contribution in [3.63, 3.8) is 0 Å². The van der Waals surface area contributed by atoms with Crippen molar-refractivity contribution in [3.05, 3.63) is 48.7 Å². The molecular formula is C23H26N2O9S. The van der Waals surface area contributed by atoms with Crippen molar-refractivity contribution < 1.29 is 41.3 Å². The number of anilines is 1. The first-order chi connectivity index (χ1) is 16.6. The Hall–Kier alpha value is -3.90. The summed E-state index contributed by atoms with van der Waals surface area (Å²) in [6.07, 6.45) is 4.78. The van der Waals surface area contributed by atoms with Gasteiger partial charge in [-0.1, -0.05) is 6.92 Å². The molecule has 3 aromatic rings. The molecule has 2 aromatic carbocycles. The SMILES string of the molecule is CC1(C=O)CC1.CNc1ccc(Oc2ccnc3cc(OS(=O)(=O)O)c(OC)cc23)cc1.O=CO. The van der Waals surface area contributed by atoms with Gasteiger partial charge in [-0.05, 0) is 49.2 Å². The molecule has 1 aromatic heterocycles. The van der Waals surface area contributed by atoms with E-state index in [1.165, 1.54) is 25.4 Å². The number of hydrogen-bond acceptors (Lipinski definition) is 9. The minimum atomic E-state index is -4.69. The second-order valence-corrected chi connectivity index (χ2v) is 8.62. The Balaban J connectivity index is 0.000000406. The van der Waals surface area contributed by atoms with Gasteiger partial charge < -0.3 is 28.9 Å². The highest BCUT2D eigenvalue weighted by Gasteiger charge is 2.36. The molecule has 0 atom stereocenters. The van der Waals surface area contributed by atoms with Gasteiger partial charge in [0.15, 0.2) is 11.5 Å². The van der Waals surface area contributed by atoms with Gasteiger partial charge in [0.05, 0.1) is 12.6 Å². The molecule has 0 saturated heterocycles. The number of nitrogens with zero attached hydrogens (tertiary/aromatic N) is 1. The van der Waals surface area contributed by atoms with Gasteiger partial charge >= 0.3 is 10.4 Å². The van der Waals surface area contributed by atoms with E-state index < -0.39 is 10.4 Å². The van der Waals surface area contributed by atoms with Gasteiger partial charge in [-0.25, -0.2) is 0 Å². The van der Waals surface area contributed by atoms with Gasteiger partial charge in [0.2, 0.25) is 0 Å². The van der Waals surface area contributed by atoms with Crippen LogP contribution >= 0.6 is 0 Å². The number of methoxy groups -OCH3 is 1. The summed E-state index contributed by atoms with van der Waals surface area (Å²) < 4.78 is 46.5. The number of aromatic nitrogens is 1. The highest BCUT2D eigenvalue weighted by Crippen LogP contribution is 2.42. The highest BCUT2D eigenvalue weighted by atomic mass is 32.3. The smallest absolute Gasteiger partial charge is 0.446 e. The molecule has 1 aliphatic carbocycles. The van der Waals surface area contributed by atoms with Crippen molar-refractivity contribution in [3.8, 4) is 23.0 Å². The van der Waals surface area contributed by atoms with Gasteiger partial charge in [0.1, 0.15) is 17.8 Å². The Morgan fingerprint density at radius 2 is 1.69 bits per heavy atom. The molecule has 0 spiro atoms. The average Bonchev–Trinajstić information content (AvgIpc) is 3.57. The molecule has 1 saturated carbocycles. The number of carbonyl (C=O) groups is 2. The molecule has 1 aliphatic rings. The Kier molecular flexibility index (Phi) is 9.37. The summed E-state index contributed by atoms with van der Waals surface area (Å²) >= 11 is 0. The van der Waals surface area contributed by atoms with E-state index in [0.29, 0.717) is 22.4 Å². The van der Waals surface area contributed by atoms with E-state index in [-0.39, 0.29) is 23.4 Å². The Labute approximate surface area is 202 Å². The third-order valence-corrected chi connectivity index (χ3v) is 5.27. The lowest BCUT2D eigenvalue weighted by Gasteiger charge is -2.12. The van der Waals surface area contributed by atoms with Crippen molar-refractivity contribution in [1.82, 2.24) is 4.98 Å². The largest absolute Gasteiger partial charge is 0.493 e. The Morgan fingerprint density at radius 1 is 1.06 bits per heavy atom. The van der Waals surface area contributed by atoms with E-state index >= 15 is 0 Å². The molecule has 0 radical (unpaired) electrons. The van der Waals surface area contributed by atoms with Crippen LogP contribution in [0.4, 0.5) is 5.69 Å². The standard InChI is InChI=1S/C17H16N2O6S.C5H8O.CH2O2/c1-18-11-3-5-12(6-4-11)24-15-7-8-19-14-10-17(25-26(20,21)22)16(23-2)9-13(14)15;1-5(4-6)2-3-5;2-1-3/h3-10,18H,1-2H3,(H,20,21,22);4H,2-3H2,1H3;1H,(H,2,3). The number of carboxylic acid groups (broad SMARTS) is 1. The average molecular weight is 507 g/mol. The van der Waals surface area contributed by atoms with Gasteiger partial charge in [-0.3, -0.25) is 14.3 Å². The maximum atomic E-state index is 11.0. The molecule has 0 unspecified atom stereocenters. The first-order valence-corrected chi connectivity index (χ1v) is 11.6. The van der Waals surface area contributed by atoms with Gasteiger partial charge in [0, 0.05) is 35.8 Å². The molecule has 35 heavy (non-hydrogen) atoms. The maximum absolute atomic E-state index is 11.0. The zero-order valence-corrected chi connectivity index (χ0v) is 20.1. The van der Waals surface area contributed by atoms with E-state index in [1.54, 1.807) is 6.07 Å². The summed E-state index contributed by atoms with van der Waals surface area (Å²) in [6.45, 7) is 1.74. The molecule has 0 amide bonds. The van der Waals surface area contributed by atoms with Crippen molar-refractivity contribution in [2.75, 3.05) is 19.5 Å². The summed E-state index contributed by atoms with van der Waals surface area (Å²) in [5.74, 6) is 1.06. The van der Waals surface area contributed by atoms with Crippen molar-refractivity contribution >= 4 is 39.7 Å². The number of hydrogen-bond donors (Lipinski definition) is 3. The fourth-order valence-corrected chi connectivity index (χ4v) is 3.04. The molecule has 12 heteroatoms. The molecule has 1 heterocycles. The van der Waals surface area contributed by atoms with Crippen LogP contribution in [-0.2, 0) is 20.0 Å². The van der Waals surface area contributed by atoms with Crippen LogP contribution in [0.3, 0.4) is 0 Å². The van der Waals surface area contributed by atoms with E-state index in [1.807, 2.05) is 38.2 Å². The lowest BCUT2D eigenvalue weighted by molar-refractivity contribution is -0.122. The van der Waals surface area contributed by atoms with Crippen molar-refractivity contribution in [2.24, 2.45) is 5.41 Å². The van der Waals surface area contributed by atoms with E-state index in [9.17, 15) is 13.2 Å². The normalized spacial score (nSPS) is 13.1. The lowest BCUT2D eigenvalue weighted by Crippen LogP contribution is -2.07. The maximum Gasteiger partial charge on any atom is 0.446 e. The lowest BCUT2D eigenvalue weighted by atomic mass is 10.2. The third kappa shape index (κ3) is 8.43. The molecule has 11 nitrogen and oxygen atoms in total. The quantitative estimate of drug-likeness (QED) is 0.314. The summed E-state index contributed by atoms with van der Waals surface area (Å²) in [6, 6.07) is 11.9. The number of nitrogens with one attached hydrogen (secondary N) is 1. The molecule has 1 fully saturated rings. The molecule has 3 N–H and O–H groups in total. The molecule has 0 aliphatic heterocycles. The van der Waals surface area contributed by atoms with Crippen LogP contribution in [0.5, 0.6) is 23.0 Å². The van der Waals surface area contributed by atoms with Crippen LogP contribution in [0.15, 0.2) is 48.7 Å². The van der Waals surface area contributed by atoms with Gasteiger partial charge in [0.25, 0.3) is 6.47 Å².